The van der Waals surface area contributed by atoms with E-state index in [1.807, 2.05) is 56.3 Å². The largest absolute Gasteiger partial charge is 0.308 e. The zero-order chi connectivity index (χ0) is 20.3. The molecule has 1 aliphatic heterocycles. The number of hydrogen-bond acceptors (Lipinski definition) is 5. The number of halogens is 1. The van der Waals surface area contributed by atoms with Crippen LogP contribution < -0.4 is 15.0 Å². The Kier molecular flexibility index (Phi) is 4.15. The summed E-state index contributed by atoms with van der Waals surface area (Å²) in [5.74, 6) is 0.339. The summed E-state index contributed by atoms with van der Waals surface area (Å²) >= 11 is 4.67. The van der Waals surface area contributed by atoms with Crippen molar-refractivity contribution in [3.05, 3.63) is 73.0 Å². The molecule has 0 N–H and O–H groups in total. The highest BCUT2D eigenvalue weighted by Crippen LogP contribution is 2.37. The first kappa shape index (κ1) is 18.2. The summed E-state index contributed by atoms with van der Waals surface area (Å²) in [6.07, 6.45) is 0. The van der Waals surface area contributed by atoms with Gasteiger partial charge < -0.3 is 4.90 Å². The highest BCUT2D eigenvalue weighted by molar-refractivity contribution is 9.10. The molecule has 6 nitrogen and oxygen atoms in total. The monoisotopic (exact) mass is 466 g/mol. The van der Waals surface area contributed by atoms with Crippen LogP contribution in [0.3, 0.4) is 0 Å². The molecule has 1 aliphatic rings. The van der Waals surface area contributed by atoms with Crippen molar-refractivity contribution >= 4 is 49.4 Å². The molecule has 0 atom stereocenters. The van der Waals surface area contributed by atoms with Gasteiger partial charge in [0, 0.05) is 22.1 Å². The molecule has 0 radical (unpaired) electrons. The zero-order valence-electron chi connectivity index (χ0n) is 15.6. The van der Waals surface area contributed by atoms with Crippen molar-refractivity contribution in [2.75, 3.05) is 11.4 Å². The van der Waals surface area contributed by atoms with Crippen LogP contribution >= 0.6 is 27.3 Å². The van der Waals surface area contributed by atoms with Crippen molar-refractivity contribution in [2.24, 2.45) is 0 Å². The summed E-state index contributed by atoms with van der Waals surface area (Å²) in [6, 6.07) is 13.5. The molecule has 0 unspecified atom stereocenters. The van der Waals surface area contributed by atoms with E-state index >= 15 is 0 Å². The minimum Gasteiger partial charge on any atom is -0.308 e. The average Bonchev–Trinajstić information content (AvgIpc) is 3.32. The van der Waals surface area contributed by atoms with Crippen molar-refractivity contribution in [2.45, 2.75) is 13.8 Å². The maximum Gasteiger partial charge on any atom is 0.291 e. The quantitative estimate of drug-likeness (QED) is 0.454. The molecule has 0 saturated carbocycles. The number of nitrogens with zero attached hydrogens (tertiary/aromatic N) is 4. The highest BCUT2D eigenvalue weighted by atomic mass is 79.9. The van der Waals surface area contributed by atoms with Gasteiger partial charge >= 0.3 is 0 Å². The van der Waals surface area contributed by atoms with E-state index in [1.165, 1.54) is 15.9 Å². The van der Waals surface area contributed by atoms with Crippen molar-refractivity contribution in [3.63, 3.8) is 0 Å². The van der Waals surface area contributed by atoms with Gasteiger partial charge in [-0.25, -0.2) is 0 Å². The molecule has 29 heavy (non-hydrogen) atoms. The third-order valence-electron chi connectivity index (χ3n) is 4.95. The summed E-state index contributed by atoms with van der Waals surface area (Å²) in [5.41, 5.74) is 3.63. The van der Waals surface area contributed by atoms with Crippen molar-refractivity contribution in [1.82, 2.24) is 14.6 Å². The van der Waals surface area contributed by atoms with Crippen LogP contribution in [0.1, 0.15) is 18.1 Å². The van der Waals surface area contributed by atoms with E-state index in [1.54, 1.807) is 4.90 Å². The molecule has 0 bridgehead atoms. The Morgan fingerprint density at radius 3 is 2.69 bits per heavy atom. The first-order valence-corrected chi connectivity index (χ1v) is 10.7. The Morgan fingerprint density at radius 2 is 1.97 bits per heavy atom. The second-order valence-electron chi connectivity index (χ2n) is 6.82. The number of carbonyl (C=O) groups excluding carboxylic acids is 1. The van der Waals surface area contributed by atoms with E-state index in [0.717, 1.165) is 26.9 Å². The number of anilines is 1. The van der Waals surface area contributed by atoms with E-state index in [9.17, 15) is 9.59 Å². The van der Waals surface area contributed by atoms with Crippen molar-refractivity contribution in [3.8, 4) is 11.4 Å². The summed E-state index contributed by atoms with van der Waals surface area (Å²) in [7, 11) is 0. The van der Waals surface area contributed by atoms with Gasteiger partial charge in [-0.05, 0) is 38.1 Å². The third kappa shape index (κ3) is 2.74. The number of benzene rings is 2. The van der Waals surface area contributed by atoms with Crippen LogP contribution in [0.25, 0.3) is 21.9 Å². The van der Waals surface area contributed by atoms with E-state index in [4.69, 9.17) is 0 Å². The van der Waals surface area contributed by atoms with Crippen LogP contribution in [-0.2, 0) is 4.79 Å². The standard InChI is InChI=1S/C21H15BrN4O2S/c1-3-25-15-8-7-13(22)10-14(15)16(19(25)27)17-20(28)26-21(29-17)23-18(24-26)12-6-4-5-11(2)9-12/h4-10H,3H2,1-2H3/b17-16-. The lowest BCUT2D eigenvalue weighted by Crippen LogP contribution is -2.32. The van der Waals surface area contributed by atoms with Gasteiger partial charge in [-0.3, -0.25) is 9.59 Å². The van der Waals surface area contributed by atoms with Crippen LogP contribution in [0.15, 0.2) is 51.7 Å². The summed E-state index contributed by atoms with van der Waals surface area (Å²) < 4.78 is 2.52. The second kappa shape index (κ2) is 6.60. The molecular weight excluding hydrogens is 452 g/mol. The smallest absolute Gasteiger partial charge is 0.291 e. The molecule has 0 fully saturated rings. The van der Waals surface area contributed by atoms with Gasteiger partial charge in [-0.15, -0.1) is 5.10 Å². The molecule has 2 aromatic carbocycles. The normalized spacial score (nSPS) is 15.4. The number of likely N-dealkylation sites (N-methyl/N-ethyl adjacent to an activating group) is 1. The first-order valence-electron chi connectivity index (χ1n) is 9.10. The van der Waals surface area contributed by atoms with Gasteiger partial charge in [0.2, 0.25) is 4.96 Å². The topological polar surface area (TPSA) is 67.6 Å². The van der Waals surface area contributed by atoms with Crippen molar-refractivity contribution < 1.29 is 4.79 Å². The highest BCUT2D eigenvalue weighted by Gasteiger charge is 2.33. The lowest BCUT2D eigenvalue weighted by atomic mass is 10.1. The number of hydrogen-bond donors (Lipinski definition) is 0. The average molecular weight is 467 g/mol. The summed E-state index contributed by atoms with van der Waals surface area (Å²) in [4.78, 5) is 32.9. The molecule has 8 heteroatoms. The number of carbonyl (C=O) groups is 1. The molecule has 144 valence electrons. The molecule has 3 heterocycles. The number of amides is 1. The Labute approximate surface area is 178 Å². The SMILES string of the molecule is CCN1C(=O)/C(=c2\sc3nc(-c4cccc(C)c4)nn3c2=O)c2cc(Br)ccc21. The van der Waals surface area contributed by atoms with E-state index in [2.05, 4.69) is 26.0 Å². The lowest BCUT2D eigenvalue weighted by Gasteiger charge is -2.13. The minimum absolute atomic E-state index is 0.166. The predicted molar refractivity (Wildman–Crippen MR) is 117 cm³/mol. The Bertz CT molecular complexity index is 1420. The fourth-order valence-corrected chi connectivity index (χ4v) is 4.99. The van der Waals surface area contributed by atoms with Gasteiger partial charge in [0.25, 0.3) is 11.5 Å². The molecule has 0 aliphatic carbocycles. The summed E-state index contributed by atoms with van der Waals surface area (Å²) in [5, 5.41) is 4.41. The second-order valence-corrected chi connectivity index (χ2v) is 8.71. The molecule has 2 aromatic heterocycles. The number of fused-ring (bicyclic) bond motifs is 2. The predicted octanol–water partition coefficient (Wildman–Crippen LogP) is 3.17. The molecular formula is C21H15BrN4O2S. The van der Waals surface area contributed by atoms with Crippen molar-refractivity contribution in [1.29, 1.82) is 0 Å². The minimum atomic E-state index is -0.316. The van der Waals surface area contributed by atoms with Gasteiger partial charge in [0.1, 0.15) is 4.53 Å². The molecule has 5 rings (SSSR count). The van der Waals surface area contributed by atoms with Crippen LogP contribution in [0.5, 0.6) is 0 Å². The zero-order valence-corrected chi connectivity index (χ0v) is 18.0. The molecule has 1 amide bonds. The number of rotatable bonds is 2. The maximum atomic E-state index is 13.1. The van der Waals surface area contributed by atoms with E-state index in [0.29, 0.717) is 27.4 Å². The third-order valence-corrected chi connectivity index (χ3v) is 6.48. The maximum absolute atomic E-state index is 13.1. The molecule has 4 aromatic rings. The number of aromatic nitrogens is 3. The van der Waals surface area contributed by atoms with Gasteiger partial charge in [-0.1, -0.05) is 51.0 Å². The van der Waals surface area contributed by atoms with Gasteiger partial charge in [-0.2, -0.15) is 9.50 Å². The van der Waals surface area contributed by atoms with Crippen LogP contribution in [0.4, 0.5) is 5.69 Å². The lowest BCUT2D eigenvalue weighted by molar-refractivity contribution is -0.113. The Balaban J connectivity index is 1.76. The van der Waals surface area contributed by atoms with Gasteiger partial charge in [0.05, 0.1) is 11.3 Å². The summed E-state index contributed by atoms with van der Waals surface area (Å²) in [6.45, 7) is 4.45. The van der Waals surface area contributed by atoms with Crippen LogP contribution in [0, 0.1) is 6.92 Å². The van der Waals surface area contributed by atoms with Crippen LogP contribution in [0.2, 0.25) is 0 Å². The fourth-order valence-electron chi connectivity index (χ4n) is 3.63. The molecule has 0 spiro atoms. The Hall–Kier alpha value is -2.84. The Morgan fingerprint density at radius 1 is 1.14 bits per heavy atom. The van der Waals surface area contributed by atoms with Crippen LogP contribution in [-0.4, -0.2) is 27.0 Å². The first-order chi connectivity index (χ1) is 14.0. The molecule has 0 saturated heterocycles. The number of aryl methyl sites for hydroxylation is 1. The number of thiazole rings is 1. The fraction of sp³-hybridized carbons (Fsp3) is 0.143. The van der Waals surface area contributed by atoms with E-state index < -0.39 is 0 Å². The van der Waals surface area contributed by atoms with Gasteiger partial charge in [0.15, 0.2) is 5.82 Å². The van der Waals surface area contributed by atoms with E-state index in [-0.39, 0.29) is 11.5 Å².